The quantitative estimate of drug-likeness (QED) is 0.474. The van der Waals surface area contributed by atoms with Gasteiger partial charge in [-0.15, -0.1) is 10.2 Å². The lowest BCUT2D eigenvalue weighted by Gasteiger charge is -2.19. The number of carbonyl (C=O) groups is 1. The molecule has 0 unspecified atom stereocenters. The molecule has 5 nitrogen and oxygen atoms in total. The summed E-state index contributed by atoms with van der Waals surface area (Å²) in [5.41, 5.74) is 2.58. The van der Waals surface area contributed by atoms with E-state index in [1.54, 1.807) is 0 Å². The first-order chi connectivity index (χ1) is 12.8. The smallest absolute Gasteiger partial charge is 0.316 e. The number of thioether (sulfide) groups is 1. The Labute approximate surface area is 163 Å². The maximum atomic E-state index is 12.1. The minimum absolute atomic E-state index is 0.177. The summed E-state index contributed by atoms with van der Waals surface area (Å²) in [4.78, 5) is 12.1. The minimum Gasteiger partial charge on any atom is -0.459 e. The van der Waals surface area contributed by atoms with Crippen molar-refractivity contribution in [3.63, 3.8) is 0 Å². The van der Waals surface area contributed by atoms with E-state index in [2.05, 4.69) is 10.2 Å². The number of ether oxygens (including phenoxy) is 1. The molecule has 27 heavy (non-hydrogen) atoms. The summed E-state index contributed by atoms with van der Waals surface area (Å²) in [6, 6.07) is 18.0. The summed E-state index contributed by atoms with van der Waals surface area (Å²) >= 11 is 1.33. The molecule has 140 valence electrons. The molecule has 0 atom stereocenters. The van der Waals surface area contributed by atoms with Crippen LogP contribution in [-0.4, -0.2) is 32.1 Å². The molecule has 0 bridgehead atoms. The maximum Gasteiger partial charge on any atom is 0.316 e. The molecule has 0 spiro atoms. The predicted octanol–water partition coefficient (Wildman–Crippen LogP) is 4.68. The van der Waals surface area contributed by atoms with Crippen molar-refractivity contribution in [2.75, 3.05) is 5.75 Å². The van der Waals surface area contributed by atoms with E-state index in [0.717, 1.165) is 22.6 Å². The first-order valence-corrected chi connectivity index (χ1v) is 9.75. The third-order valence-electron chi connectivity index (χ3n) is 3.77. The molecule has 0 saturated heterocycles. The Kier molecular flexibility index (Phi) is 5.65. The van der Waals surface area contributed by atoms with Gasteiger partial charge < -0.3 is 4.74 Å². The van der Waals surface area contributed by atoms with E-state index >= 15 is 0 Å². The first-order valence-electron chi connectivity index (χ1n) is 8.76. The molecule has 0 aliphatic rings. The maximum absolute atomic E-state index is 12.1. The van der Waals surface area contributed by atoms with E-state index in [4.69, 9.17) is 4.74 Å². The third-order valence-corrected chi connectivity index (χ3v) is 4.68. The lowest BCUT2D eigenvalue weighted by atomic mass is 10.1. The zero-order chi connectivity index (χ0) is 19.4. The van der Waals surface area contributed by atoms with Crippen LogP contribution in [0.25, 0.3) is 17.1 Å². The van der Waals surface area contributed by atoms with E-state index in [1.165, 1.54) is 11.8 Å². The number of hydrogen-bond acceptors (Lipinski definition) is 5. The summed E-state index contributed by atoms with van der Waals surface area (Å²) in [5, 5.41) is 9.42. The number of hydrogen-bond donors (Lipinski definition) is 0. The molecule has 0 N–H and O–H groups in total. The normalized spacial score (nSPS) is 11.4. The van der Waals surface area contributed by atoms with Crippen molar-refractivity contribution in [3.05, 3.63) is 60.2 Å². The Morgan fingerprint density at radius 1 is 1.04 bits per heavy atom. The summed E-state index contributed by atoms with van der Waals surface area (Å²) in [5.74, 6) is 0.661. The van der Waals surface area contributed by atoms with E-state index < -0.39 is 5.60 Å². The van der Waals surface area contributed by atoms with Gasteiger partial charge in [-0.2, -0.15) is 0 Å². The summed E-state index contributed by atoms with van der Waals surface area (Å²) < 4.78 is 7.38. The van der Waals surface area contributed by atoms with Gasteiger partial charge in [0.05, 0.1) is 5.75 Å². The number of esters is 1. The number of aryl methyl sites for hydroxylation is 1. The molecule has 2 aromatic carbocycles. The van der Waals surface area contributed by atoms with Crippen LogP contribution >= 0.6 is 11.8 Å². The van der Waals surface area contributed by atoms with Gasteiger partial charge in [-0.25, -0.2) is 0 Å². The summed E-state index contributed by atoms with van der Waals surface area (Å²) in [7, 11) is 0. The molecular formula is C21H23N3O2S. The zero-order valence-corrected chi connectivity index (χ0v) is 16.8. The van der Waals surface area contributed by atoms with Crippen molar-refractivity contribution in [1.29, 1.82) is 0 Å². The van der Waals surface area contributed by atoms with Gasteiger partial charge in [0.15, 0.2) is 11.0 Å². The number of rotatable bonds is 5. The van der Waals surface area contributed by atoms with Crippen molar-refractivity contribution in [2.45, 2.75) is 38.5 Å². The van der Waals surface area contributed by atoms with Crippen LogP contribution in [-0.2, 0) is 9.53 Å². The van der Waals surface area contributed by atoms with Gasteiger partial charge >= 0.3 is 5.97 Å². The highest BCUT2D eigenvalue weighted by molar-refractivity contribution is 7.99. The molecule has 3 rings (SSSR count). The molecule has 0 fully saturated rings. The number of carbonyl (C=O) groups excluding carboxylic acids is 1. The Bertz CT molecular complexity index is 930. The fourth-order valence-corrected chi connectivity index (χ4v) is 3.39. The molecule has 6 heteroatoms. The Hall–Kier alpha value is -2.60. The van der Waals surface area contributed by atoms with Gasteiger partial charge in [-0.1, -0.05) is 54.2 Å². The van der Waals surface area contributed by atoms with Gasteiger partial charge in [0.2, 0.25) is 0 Å². The van der Waals surface area contributed by atoms with Crippen LogP contribution in [0, 0.1) is 6.92 Å². The highest BCUT2D eigenvalue weighted by Gasteiger charge is 2.20. The number of nitrogens with zero attached hydrogens (tertiary/aromatic N) is 3. The standard InChI is InChI=1S/C21H23N3O2S/c1-15-10-8-9-13-17(15)19-22-23-20(24(19)16-11-6-5-7-12-16)27-14-18(25)26-21(2,3)4/h5-13H,14H2,1-4H3. The van der Waals surface area contributed by atoms with Crippen molar-refractivity contribution in [2.24, 2.45) is 0 Å². The lowest BCUT2D eigenvalue weighted by molar-refractivity contribution is -0.151. The highest BCUT2D eigenvalue weighted by atomic mass is 32.2. The van der Waals surface area contributed by atoms with E-state index in [-0.39, 0.29) is 11.7 Å². The Morgan fingerprint density at radius 2 is 1.70 bits per heavy atom. The minimum atomic E-state index is -0.503. The van der Waals surface area contributed by atoms with Gasteiger partial charge in [-0.05, 0) is 45.4 Å². The Balaban J connectivity index is 1.96. The van der Waals surface area contributed by atoms with Crippen LogP contribution in [0.1, 0.15) is 26.3 Å². The van der Waals surface area contributed by atoms with Crippen molar-refractivity contribution in [3.8, 4) is 17.1 Å². The molecule has 0 saturated carbocycles. The number of aromatic nitrogens is 3. The summed E-state index contributed by atoms with van der Waals surface area (Å²) in [6.07, 6.45) is 0. The molecule has 0 amide bonds. The third kappa shape index (κ3) is 4.77. The van der Waals surface area contributed by atoms with Crippen LogP contribution in [0.4, 0.5) is 0 Å². The van der Waals surface area contributed by atoms with E-state index in [0.29, 0.717) is 5.16 Å². The van der Waals surface area contributed by atoms with Crippen LogP contribution in [0.2, 0.25) is 0 Å². The van der Waals surface area contributed by atoms with Gasteiger partial charge in [0.1, 0.15) is 5.60 Å². The number of para-hydroxylation sites is 1. The molecule has 0 aliphatic heterocycles. The number of benzene rings is 2. The van der Waals surface area contributed by atoms with Gasteiger partial charge in [0.25, 0.3) is 0 Å². The second-order valence-corrected chi connectivity index (χ2v) is 8.11. The predicted molar refractivity (Wildman–Crippen MR) is 108 cm³/mol. The molecule has 0 aliphatic carbocycles. The fraction of sp³-hybridized carbons (Fsp3) is 0.286. The van der Waals surface area contributed by atoms with Gasteiger partial charge in [-0.3, -0.25) is 9.36 Å². The van der Waals surface area contributed by atoms with E-state index in [1.807, 2.05) is 86.9 Å². The molecule has 1 heterocycles. The highest BCUT2D eigenvalue weighted by Crippen LogP contribution is 2.29. The van der Waals surface area contributed by atoms with Crippen LogP contribution < -0.4 is 0 Å². The zero-order valence-electron chi connectivity index (χ0n) is 16.0. The van der Waals surface area contributed by atoms with Crippen LogP contribution in [0.3, 0.4) is 0 Å². The monoisotopic (exact) mass is 381 g/mol. The van der Waals surface area contributed by atoms with Crippen LogP contribution in [0.5, 0.6) is 0 Å². The molecule has 3 aromatic rings. The molecule has 0 radical (unpaired) electrons. The van der Waals surface area contributed by atoms with Crippen LogP contribution in [0.15, 0.2) is 59.8 Å². The van der Waals surface area contributed by atoms with Crippen molar-refractivity contribution < 1.29 is 9.53 Å². The second kappa shape index (κ2) is 7.96. The van der Waals surface area contributed by atoms with E-state index in [9.17, 15) is 4.79 Å². The molecular weight excluding hydrogens is 358 g/mol. The van der Waals surface area contributed by atoms with Crippen molar-refractivity contribution >= 4 is 17.7 Å². The SMILES string of the molecule is Cc1ccccc1-c1nnc(SCC(=O)OC(C)(C)C)n1-c1ccccc1. The average Bonchev–Trinajstić information content (AvgIpc) is 3.03. The summed E-state index contributed by atoms with van der Waals surface area (Å²) in [6.45, 7) is 7.63. The fourth-order valence-electron chi connectivity index (χ4n) is 2.67. The van der Waals surface area contributed by atoms with Crippen molar-refractivity contribution in [1.82, 2.24) is 14.8 Å². The topological polar surface area (TPSA) is 57.0 Å². The Morgan fingerprint density at radius 3 is 2.37 bits per heavy atom. The lowest BCUT2D eigenvalue weighted by Crippen LogP contribution is -2.25. The average molecular weight is 382 g/mol. The molecule has 1 aromatic heterocycles. The van der Waals surface area contributed by atoms with Gasteiger partial charge in [0, 0.05) is 11.3 Å². The largest absolute Gasteiger partial charge is 0.459 e. The first kappa shape index (κ1) is 19.2. The second-order valence-electron chi connectivity index (χ2n) is 7.17.